The van der Waals surface area contributed by atoms with Crippen molar-refractivity contribution < 1.29 is 4.74 Å². The second-order valence-corrected chi connectivity index (χ2v) is 5.08. The SMILES string of the molecule is COc1ccc(-c2cc3cc(Cl)c(Cl)cc3[nH]2)cc1. The van der Waals surface area contributed by atoms with E-state index < -0.39 is 0 Å². The molecule has 96 valence electrons. The maximum Gasteiger partial charge on any atom is 0.118 e. The number of hydrogen-bond acceptors (Lipinski definition) is 1. The van der Waals surface area contributed by atoms with Crippen molar-refractivity contribution in [3.8, 4) is 17.0 Å². The van der Waals surface area contributed by atoms with E-state index in [0.29, 0.717) is 10.0 Å². The molecular formula is C15H11Cl2NO. The van der Waals surface area contributed by atoms with E-state index in [4.69, 9.17) is 27.9 Å². The molecule has 0 saturated carbocycles. The van der Waals surface area contributed by atoms with Crippen LogP contribution in [-0.4, -0.2) is 12.1 Å². The lowest BCUT2D eigenvalue weighted by molar-refractivity contribution is 0.415. The van der Waals surface area contributed by atoms with Gasteiger partial charge in [0.2, 0.25) is 0 Å². The number of methoxy groups -OCH3 is 1. The number of ether oxygens (including phenoxy) is 1. The Hall–Kier alpha value is -1.64. The Morgan fingerprint density at radius 1 is 0.947 bits per heavy atom. The molecule has 0 bridgehead atoms. The lowest BCUT2D eigenvalue weighted by Gasteiger charge is -2.01. The van der Waals surface area contributed by atoms with Crippen molar-refractivity contribution in [2.24, 2.45) is 0 Å². The molecule has 0 unspecified atom stereocenters. The van der Waals surface area contributed by atoms with Gasteiger partial charge in [0.1, 0.15) is 5.75 Å². The summed E-state index contributed by atoms with van der Waals surface area (Å²) in [4.78, 5) is 3.33. The summed E-state index contributed by atoms with van der Waals surface area (Å²) < 4.78 is 5.15. The Bertz CT molecular complexity index is 693. The van der Waals surface area contributed by atoms with Crippen molar-refractivity contribution in [1.29, 1.82) is 0 Å². The summed E-state index contributed by atoms with van der Waals surface area (Å²) in [5.74, 6) is 0.839. The van der Waals surface area contributed by atoms with E-state index in [2.05, 4.69) is 11.1 Å². The third kappa shape index (κ3) is 2.29. The highest BCUT2D eigenvalue weighted by atomic mass is 35.5. The zero-order valence-electron chi connectivity index (χ0n) is 10.2. The summed E-state index contributed by atoms with van der Waals surface area (Å²) in [5, 5.41) is 2.16. The monoisotopic (exact) mass is 291 g/mol. The first kappa shape index (κ1) is 12.4. The first-order valence-electron chi connectivity index (χ1n) is 5.79. The summed E-state index contributed by atoms with van der Waals surface area (Å²) in [6.07, 6.45) is 0. The van der Waals surface area contributed by atoms with Gasteiger partial charge >= 0.3 is 0 Å². The van der Waals surface area contributed by atoms with Gasteiger partial charge in [-0.3, -0.25) is 0 Å². The number of aromatic amines is 1. The largest absolute Gasteiger partial charge is 0.497 e. The fourth-order valence-electron chi connectivity index (χ4n) is 2.05. The first-order chi connectivity index (χ1) is 9.17. The molecule has 2 aromatic carbocycles. The van der Waals surface area contributed by atoms with Gasteiger partial charge in [-0.25, -0.2) is 0 Å². The molecule has 4 heteroatoms. The Morgan fingerprint density at radius 3 is 2.32 bits per heavy atom. The minimum Gasteiger partial charge on any atom is -0.497 e. The average Bonchev–Trinajstić information content (AvgIpc) is 2.82. The van der Waals surface area contributed by atoms with Crippen LogP contribution in [0.4, 0.5) is 0 Å². The van der Waals surface area contributed by atoms with Gasteiger partial charge in [-0.2, -0.15) is 0 Å². The molecule has 3 rings (SSSR count). The highest BCUT2D eigenvalue weighted by molar-refractivity contribution is 6.42. The number of H-pyrrole nitrogens is 1. The molecule has 0 spiro atoms. The summed E-state index contributed by atoms with van der Waals surface area (Å²) >= 11 is 12.0. The van der Waals surface area contributed by atoms with Gasteiger partial charge in [-0.1, -0.05) is 23.2 Å². The van der Waals surface area contributed by atoms with Gasteiger partial charge in [-0.15, -0.1) is 0 Å². The molecule has 0 saturated heterocycles. The quantitative estimate of drug-likeness (QED) is 0.694. The van der Waals surface area contributed by atoms with Crippen molar-refractivity contribution >= 4 is 34.1 Å². The molecule has 1 heterocycles. The topological polar surface area (TPSA) is 25.0 Å². The fraction of sp³-hybridized carbons (Fsp3) is 0.0667. The smallest absolute Gasteiger partial charge is 0.118 e. The maximum atomic E-state index is 6.02. The van der Waals surface area contributed by atoms with Crippen LogP contribution in [0, 0.1) is 0 Å². The highest BCUT2D eigenvalue weighted by Gasteiger charge is 2.06. The molecule has 2 nitrogen and oxygen atoms in total. The molecule has 0 radical (unpaired) electrons. The molecule has 3 aromatic rings. The van der Waals surface area contributed by atoms with Crippen LogP contribution < -0.4 is 4.74 Å². The Balaban J connectivity index is 2.09. The summed E-state index contributed by atoms with van der Waals surface area (Å²) in [5.41, 5.74) is 3.08. The van der Waals surface area contributed by atoms with Crippen LogP contribution in [0.2, 0.25) is 10.0 Å². The van der Waals surface area contributed by atoms with Gasteiger partial charge in [0, 0.05) is 16.6 Å². The Labute approximate surface area is 120 Å². The minimum absolute atomic E-state index is 0.553. The number of nitrogens with one attached hydrogen (secondary N) is 1. The van der Waals surface area contributed by atoms with Crippen LogP contribution in [-0.2, 0) is 0 Å². The average molecular weight is 292 g/mol. The van der Waals surface area contributed by atoms with E-state index in [-0.39, 0.29) is 0 Å². The van der Waals surface area contributed by atoms with Gasteiger partial charge < -0.3 is 9.72 Å². The van der Waals surface area contributed by atoms with Gasteiger partial charge in [0.05, 0.1) is 17.2 Å². The molecule has 19 heavy (non-hydrogen) atoms. The number of benzene rings is 2. The lowest BCUT2D eigenvalue weighted by atomic mass is 10.1. The number of halogens is 2. The predicted octanol–water partition coefficient (Wildman–Crippen LogP) is 5.15. The predicted molar refractivity (Wildman–Crippen MR) is 80.3 cm³/mol. The Kier molecular flexibility index (Phi) is 3.13. The third-order valence-electron chi connectivity index (χ3n) is 3.06. The summed E-state index contributed by atoms with van der Waals surface area (Å²) in [7, 11) is 1.65. The molecule has 0 aliphatic rings. The van der Waals surface area contributed by atoms with Crippen LogP contribution in [0.5, 0.6) is 5.75 Å². The van der Waals surface area contributed by atoms with Crippen molar-refractivity contribution in [3.05, 3.63) is 52.5 Å². The zero-order chi connectivity index (χ0) is 13.4. The van der Waals surface area contributed by atoms with Crippen molar-refractivity contribution in [1.82, 2.24) is 4.98 Å². The molecule has 0 fully saturated rings. The van der Waals surface area contributed by atoms with E-state index in [9.17, 15) is 0 Å². The van der Waals surface area contributed by atoms with Crippen LogP contribution in [0.25, 0.3) is 22.2 Å². The zero-order valence-corrected chi connectivity index (χ0v) is 11.7. The van der Waals surface area contributed by atoms with E-state index in [0.717, 1.165) is 27.9 Å². The number of hydrogen-bond donors (Lipinski definition) is 1. The van der Waals surface area contributed by atoms with E-state index in [1.807, 2.05) is 36.4 Å². The molecule has 0 atom stereocenters. The summed E-state index contributed by atoms with van der Waals surface area (Å²) in [6.45, 7) is 0. The van der Waals surface area contributed by atoms with E-state index in [1.165, 1.54) is 0 Å². The van der Waals surface area contributed by atoms with Crippen molar-refractivity contribution in [3.63, 3.8) is 0 Å². The molecule has 1 aromatic heterocycles. The van der Waals surface area contributed by atoms with Crippen LogP contribution >= 0.6 is 23.2 Å². The van der Waals surface area contributed by atoms with E-state index >= 15 is 0 Å². The van der Waals surface area contributed by atoms with Gasteiger partial charge in [0.25, 0.3) is 0 Å². The van der Waals surface area contributed by atoms with Crippen molar-refractivity contribution in [2.75, 3.05) is 7.11 Å². The number of rotatable bonds is 2. The maximum absolute atomic E-state index is 6.02. The highest BCUT2D eigenvalue weighted by Crippen LogP contribution is 2.31. The lowest BCUT2D eigenvalue weighted by Crippen LogP contribution is -1.82. The number of fused-ring (bicyclic) bond motifs is 1. The standard InChI is InChI=1S/C15H11Cl2NO/c1-19-11-4-2-9(3-5-11)14-7-10-6-12(16)13(17)8-15(10)18-14/h2-8,18H,1H3. The molecule has 0 amide bonds. The minimum atomic E-state index is 0.553. The molecule has 0 aliphatic heterocycles. The molecular weight excluding hydrogens is 281 g/mol. The van der Waals surface area contributed by atoms with Gasteiger partial charge in [-0.05, 0) is 48.0 Å². The Morgan fingerprint density at radius 2 is 1.63 bits per heavy atom. The second-order valence-electron chi connectivity index (χ2n) is 4.27. The molecule has 0 aliphatic carbocycles. The fourth-order valence-corrected chi connectivity index (χ4v) is 2.39. The molecule has 1 N–H and O–H groups in total. The van der Waals surface area contributed by atoms with Gasteiger partial charge in [0.15, 0.2) is 0 Å². The van der Waals surface area contributed by atoms with Crippen LogP contribution in [0.1, 0.15) is 0 Å². The van der Waals surface area contributed by atoms with Crippen LogP contribution in [0.3, 0.4) is 0 Å². The first-order valence-corrected chi connectivity index (χ1v) is 6.55. The summed E-state index contributed by atoms with van der Waals surface area (Å²) in [6, 6.07) is 13.6. The number of aromatic nitrogens is 1. The van der Waals surface area contributed by atoms with Crippen molar-refractivity contribution in [2.45, 2.75) is 0 Å². The van der Waals surface area contributed by atoms with Crippen LogP contribution in [0.15, 0.2) is 42.5 Å². The third-order valence-corrected chi connectivity index (χ3v) is 3.78. The normalized spacial score (nSPS) is 10.9. The van der Waals surface area contributed by atoms with E-state index in [1.54, 1.807) is 7.11 Å². The second kappa shape index (κ2) is 4.80.